The predicted octanol–water partition coefficient (Wildman–Crippen LogP) is 5.41. The fourth-order valence-electron chi connectivity index (χ4n) is 3.35. The van der Waals surface area contributed by atoms with E-state index in [2.05, 4.69) is 15.4 Å². The molecule has 0 saturated heterocycles. The molecule has 1 N–H and O–H groups in total. The van der Waals surface area contributed by atoms with E-state index >= 15 is 0 Å². The van der Waals surface area contributed by atoms with Crippen molar-refractivity contribution in [3.05, 3.63) is 45.2 Å². The zero-order chi connectivity index (χ0) is 27.9. The number of aromatic nitrogens is 3. The van der Waals surface area contributed by atoms with Crippen molar-refractivity contribution in [3.8, 4) is 0 Å². The smallest absolute Gasteiger partial charge is 0.433 e. The first kappa shape index (κ1) is 28.1. The van der Waals surface area contributed by atoms with E-state index in [1.54, 1.807) is 41.5 Å². The van der Waals surface area contributed by atoms with E-state index in [9.17, 15) is 27.6 Å². The van der Waals surface area contributed by atoms with Gasteiger partial charge in [-0.25, -0.2) is 19.1 Å². The van der Waals surface area contributed by atoms with Gasteiger partial charge in [0.25, 0.3) is 5.91 Å². The van der Waals surface area contributed by atoms with E-state index in [1.807, 2.05) is 0 Å². The van der Waals surface area contributed by atoms with Crippen molar-refractivity contribution >= 4 is 39.8 Å². The van der Waals surface area contributed by atoms with Crippen molar-refractivity contribution in [1.82, 2.24) is 14.6 Å². The van der Waals surface area contributed by atoms with Crippen molar-refractivity contribution < 1.29 is 37.0 Å². The quantitative estimate of drug-likeness (QED) is 0.416. The van der Waals surface area contributed by atoms with Gasteiger partial charge in [0.05, 0.1) is 24.0 Å². The van der Waals surface area contributed by atoms with Crippen LogP contribution in [0.5, 0.6) is 0 Å². The summed E-state index contributed by atoms with van der Waals surface area (Å²) in [6, 6.07) is 2.02. The second-order valence-corrected chi connectivity index (χ2v) is 10.5. The van der Waals surface area contributed by atoms with Crippen LogP contribution in [-0.2, 0) is 21.1 Å². The zero-order valence-corrected chi connectivity index (χ0v) is 22.2. The monoisotopic (exact) mass is 540 g/mol. The molecule has 0 aliphatic heterocycles. The number of fused-ring (bicyclic) bond motifs is 1. The van der Waals surface area contributed by atoms with Crippen molar-refractivity contribution in [2.24, 2.45) is 0 Å². The molecule has 13 heteroatoms. The molecule has 3 aromatic heterocycles. The summed E-state index contributed by atoms with van der Waals surface area (Å²) in [5.41, 5.74) is -1.95. The minimum atomic E-state index is -4.76. The molecule has 1 amide bonds. The normalized spacial score (nSPS) is 12.2. The number of alkyl halides is 3. The summed E-state index contributed by atoms with van der Waals surface area (Å²) in [5, 5.41) is 6.30. The summed E-state index contributed by atoms with van der Waals surface area (Å²) >= 11 is 0.795. The maximum atomic E-state index is 13.8. The van der Waals surface area contributed by atoms with Gasteiger partial charge in [0.1, 0.15) is 15.6 Å². The molecule has 200 valence electrons. The zero-order valence-electron chi connectivity index (χ0n) is 21.4. The van der Waals surface area contributed by atoms with Crippen LogP contribution < -0.4 is 5.32 Å². The predicted molar refractivity (Wildman–Crippen MR) is 130 cm³/mol. The molecule has 0 atom stereocenters. The number of hydrogen-bond donors (Lipinski definition) is 1. The van der Waals surface area contributed by atoms with E-state index in [0.717, 1.165) is 23.5 Å². The number of rotatable bonds is 6. The van der Waals surface area contributed by atoms with E-state index in [-0.39, 0.29) is 44.6 Å². The van der Waals surface area contributed by atoms with Crippen LogP contribution in [-0.4, -0.2) is 45.2 Å². The highest BCUT2D eigenvalue weighted by Crippen LogP contribution is 2.36. The number of carbonyl (C=O) groups is 3. The summed E-state index contributed by atoms with van der Waals surface area (Å²) in [5.74, 6) is -2.36. The third-order valence-electron chi connectivity index (χ3n) is 5.10. The number of hydrogen-bond acceptors (Lipinski definition) is 8. The molecule has 9 nitrogen and oxygen atoms in total. The largest absolute Gasteiger partial charge is 0.462 e. The maximum Gasteiger partial charge on any atom is 0.433 e. The summed E-state index contributed by atoms with van der Waals surface area (Å²) < 4.78 is 52.2. The van der Waals surface area contributed by atoms with Crippen molar-refractivity contribution in [1.29, 1.82) is 0 Å². The fraction of sp³-hybridized carbons (Fsp3) is 0.458. The van der Waals surface area contributed by atoms with Crippen LogP contribution in [0.4, 0.5) is 18.2 Å². The van der Waals surface area contributed by atoms with Gasteiger partial charge in [0.15, 0.2) is 11.3 Å². The number of esters is 2. The number of carbonyl (C=O) groups excluding carboxylic acids is 3. The lowest BCUT2D eigenvalue weighted by atomic mass is 9.91. The summed E-state index contributed by atoms with van der Waals surface area (Å²) in [4.78, 5) is 42.6. The van der Waals surface area contributed by atoms with Crippen LogP contribution in [0.2, 0.25) is 0 Å². The standard InChI is InChI=1S/C24H27F3N4O5S/c1-8-35-22(34)18-12(4)17(21(33)36-11(2)3)20(37-18)29-19(32)13-9-16-28-14(23(5,6)7)10-15(24(25,26)27)31(16)30-13/h9-11H,8H2,1-7H3,(H,29,32). The number of nitrogens with one attached hydrogen (secondary N) is 1. The van der Waals surface area contributed by atoms with Gasteiger partial charge in [0, 0.05) is 11.5 Å². The van der Waals surface area contributed by atoms with Crippen molar-refractivity contribution in [2.45, 2.75) is 66.2 Å². The van der Waals surface area contributed by atoms with Crippen LogP contribution in [0.1, 0.15) is 89.0 Å². The first-order valence-electron chi connectivity index (χ1n) is 11.4. The van der Waals surface area contributed by atoms with Gasteiger partial charge in [-0.1, -0.05) is 20.8 Å². The molecule has 0 radical (unpaired) electrons. The number of anilines is 1. The fourth-order valence-corrected chi connectivity index (χ4v) is 4.43. The van der Waals surface area contributed by atoms with Crippen LogP contribution in [0.15, 0.2) is 12.1 Å². The maximum absolute atomic E-state index is 13.8. The second kappa shape index (κ2) is 10.1. The molecule has 0 saturated carbocycles. The molecule has 0 bridgehead atoms. The average Bonchev–Trinajstić information content (AvgIpc) is 3.32. The van der Waals surface area contributed by atoms with Gasteiger partial charge >= 0.3 is 18.1 Å². The Bertz CT molecular complexity index is 1370. The molecule has 3 aromatic rings. The minimum Gasteiger partial charge on any atom is -0.462 e. The molecule has 0 aliphatic carbocycles. The molecular weight excluding hydrogens is 513 g/mol. The summed E-state index contributed by atoms with van der Waals surface area (Å²) in [7, 11) is 0. The Kier molecular flexibility index (Phi) is 7.68. The highest BCUT2D eigenvalue weighted by atomic mass is 32.1. The number of nitrogens with zero attached hydrogens (tertiary/aromatic N) is 3. The first-order chi connectivity index (χ1) is 17.0. The molecule has 0 fully saturated rings. The third kappa shape index (κ3) is 5.92. The number of halogens is 3. The Hall–Kier alpha value is -3.48. The molecule has 0 aliphatic rings. The SMILES string of the molecule is CCOC(=O)c1sc(NC(=O)c2cc3nc(C(C)(C)C)cc(C(F)(F)F)n3n2)c(C(=O)OC(C)C)c1C. The molecule has 3 heterocycles. The lowest BCUT2D eigenvalue weighted by molar-refractivity contribution is -0.142. The van der Waals surface area contributed by atoms with E-state index in [1.165, 1.54) is 6.92 Å². The van der Waals surface area contributed by atoms with Crippen LogP contribution in [0.3, 0.4) is 0 Å². The van der Waals surface area contributed by atoms with E-state index < -0.39 is 41.2 Å². The Morgan fingerprint density at radius 3 is 2.32 bits per heavy atom. The minimum absolute atomic E-state index is 0.0207. The highest BCUT2D eigenvalue weighted by Gasteiger charge is 2.37. The summed E-state index contributed by atoms with van der Waals surface area (Å²) in [6.45, 7) is 11.6. The number of thiophene rings is 1. The lowest BCUT2D eigenvalue weighted by Crippen LogP contribution is -2.20. The second-order valence-electron chi connectivity index (χ2n) is 9.46. The molecule has 37 heavy (non-hydrogen) atoms. The van der Waals surface area contributed by atoms with Gasteiger partial charge in [-0.05, 0) is 39.3 Å². The Morgan fingerprint density at radius 2 is 1.78 bits per heavy atom. The van der Waals surface area contributed by atoms with Crippen molar-refractivity contribution in [3.63, 3.8) is 0 Å². The Labute approximate surface area is 215 Å². The van der Waals surface area contributed by atoms with Gasteiger partial charge in [-0.2, -0.15) is 18.3 Å². The number of ether oxygens (including phenoxy) is 2. The Balaban J connectivity index is 2.08. The van der Waals surface area contributed by atoms with Gasteiger partial charge in [0.2, 0.25) is 0 Å². The number of amides is 1. The third-order valence-corrected chi connectivity index (χ3v) is 6.29. The average molecular weight is 541 g/mol. The topological polar surface area (TPSA) is 112 Å². The molecule has 0 unspecified atom stereocenters. The lowest BCUT2D eigenvalue weighted by Gasteiger charge is -2.19. The van der Waals surface area contributed by atoms with E-state index in [0.29, 0.717) is 4.52 Å². The van der Waals surface area contributed by atoms with Crippen LogP contribution in [0, 0.1) is 6.92 Å². The highest BCUT2D eigenvalue weighted by molar-refractivity contribution is 7.18. The van der Waals surface area contributed by atoms with E-state index in [4.69, 9.17) is 9.47 Å². The van der Waals surface area contributed by atoms with Crippen LogP contribution >= 0.6 is 11.3 Å². The molecular formula is C24H27F3N4O5S. The van der Waals surface area contributed by atoms with Gasteiger partial charge in [-0.3, -0.25) is 4.79 Å². The Morgan fingerprint density at radius 1 is 1.14 bits per heavy atom. The van der Waals surface area contributed by atoms with Gasteiger partial charge < -0.3 is 14.8 Å². The summed E-state index contributed by atoms with van der Waals surface area (Å²) in [6.07, 6.45) is -5.24. The first-order valence-corrected chi connectivity index (χ1v) is 12.2. The van der Waals surface area contributed by atoms with Crippen molar-refractivity contribution in [2.75, 3.05) is 11.9 Å². The molecule has 3 rings (SSSR count). The molecule has 0 aromatic carbocycles. The molecule has 0 spiro atoms. The van der Waals surface area contributed by atoms with Gasteiger partial charge in [-0.15, -0.1) is 11.3 Å². The van der Waals surface area contributed by atoms with Crippen LogP contribution in [0.25, 0.3) is 5.65 Å².